The van der Waals surface area contributed by atoms with Crippen LogP contribution in [-0.4, -0.2) is 13.3 Å². The molecule has 0 unspecified atom stereocenters. The van der Waals surface area contributed by atoms with Crippen molar-refractivity contribution in [2.45, 2.75) is 12.7 Å². The molecule has 0 amide bonds. The van der Waals surface area contributed by atoms with Gasteiger partial charge in [-0.25, -0.2) is 0 Å². The molecule has 0 aliphatic carbocycles. The Morgan fingerprint density at radius 1 is 1.07 bits per heavy atom. The van der Waals surface area contributed by atoms with Crippen LogP contribution in [0.25, 0.3) is 11.3 Å². The largest absolute Gasteiger partial charge is 0.496 e. The minimum Gasteiger partial charge on any atom is -0.496 e. The van der Waals surface area contributed by atoms with Crippen LogP contribution in [0.1, 0.15) is 16.9 Å². The topological polar surface area (TPSA) is 46.8 Å². The third-order valence-electron chi connectivity index (χ3n) is 3.85. The van der Waals surface area contributed by atoms with E-state index in [0.29, 0.717) is 23.6 Å². The highest BCUT2D eigenvalue weighted by Crippen LogP contribution is 2.32. The van der Waals surface area contributed by atoms with Crippen molar-refractivity contribution < 1.29 is 22.3 Å². The second kappa shape index (κ2) is 7.99. The van der Waals surface area contributed by atoms with E-state index in [1.807, 2.05) is 24.3 Å². The monoisotopic (exact) mass is 374 g/mol. The number of furan rings is 1. The van der Waals surface area contributed by atoms with Crippen molar-refractivity contribution in [1.82, 2.24) is 5.43 Å². The zero-order valence-electron chi connectivity index (χ0n) is 14.5. The number of halogens is 3. The van der Waals surface area contributed by atoms with Crippen LogP contribution >= 0.6 is 0 Å². The van der Waals surface area contributed by atoms with Crippen molar-refractivity contribution in [2.24, 2.45) is 5.10 Å². The van der Waals surface area contributed by atoms with E-state index in [1.54, 1.807) is 25.3 Å². The number of alkyl halides is 3. The van der Waals surface area contributed by atoms with Crippen molar-refractivity contribution in [2.75, 3.05) is 7.11 Å². The van der Waals surface area contributed by atoms with Gasteiger partial charge in [0, 0.05) is 11.1 Å². The quantitative estimate of drug-likeness (QED) is 0.482. The Hall–Kier alpha value is -3.22. The molecule has 1 heterocycles. The molecular weight excluding hydrogens is 357 g/mol. The van der Waals surface area contributed by atoms with E-state index in [4.69, 9.17) is 9.15 Å². The molecular formula is C20H17F3N2O2. The lowest BCUT2D eigenvalue weighted by Crippen LogP contribution is -2.06. The summed E-state index contributed by atoms with van der Waals surface area (Å²) < 4.78 is 49.3. The van der Waals surface area contributed by atoms with Crippen LogP contribution in [0.4, 0.5) is 13.2 Å². The Morgan fingerprint density at radius 2 is 1.89 bits per heavy atom. The molecule has 0 atom stereocenters. The third kappa shape index (κ3) is 4.69. The Balaban J connectivity index is 1.65. The summed E-state index contributed by atoms with van der Waals surface area (Å²) in [5.74, 6) is 1.52. The average molecular weight is 374 g/mol. The van der Waals surface area contributed by atoms with Gasteiger partial charge >= 0.3 is 6.18 Å². The number of para-hydroxylation sites is 1. The zero-order chi connectivity index (χ0) is 19.3. The summed E-state index contributed by atoms with van der Waals surface area (Å²) in [5.41, 5.74) is 3.46. The number of hydrazone groups is 1. The van der Waals surface area contributed by atoms with Crippen LogP contribution < -0.4 is 10.2 Å². The van der Waals surface area contributed by atoms with Gasteiger partial charge < -0.3 is 14.6 Å². The van der Waals surface area contributed by atoms with E-state index >= 15 is 0 Å². The highest BCUT2D eigenvalue weighted by molar-refractivity contribution is 5.77. The van der Waals surface area contributed by atoms with E-state index in [0.717, 1.165) is 23.4 Å². The van der Waals surface area contributed by atoms with Gasteiger partial charge in [0.25, 0.3) is 0 Å². The molecule has 4 nitrogen and oxygen atoms in total. The summed E-state index contributed by atoms with van der Waals surface area (Å²) in [6.07, 6.45) is -2.93. The molecule has 0 fully saturated rings. The van der Waals surface area contributed by atoms with Crippen molar-refractivity contribution in [1.29, 1.82) is 0 Å². The van der Waals surface area contributed by atoms with Gasteiger partial charge in [-0.3, -0.25) is 0 Å². The molecule has 7 heteroatoms. The molecule has 2 aromatic carbocycles. The Bertz CT molecular complexity index is 933. The van der Waals surface area contributed by atoms with Crippen LogP contribution in [0.2, 0.25) is 0 Å². The van der Waals surface area contributed by atoms with Gasteiger partial charge in [0.05, 0.1) is 25.4 Å². The minimum atomic E-state index is -4.39. The molecule has 1 N–H and O–H groups in total. The van der Waals surface area contributed by atoms with E-state index in [1.165, 1.54) is 12.3 Å². The number of hydrogen-bond donors (Lipinski definition) is 1. The fourth-order valence-electron chi connectivity index (χ4n) is 2.52. The first-order valence-corrected chi connectivity index (χ1v) is 8.12. The number of benzene rings is 2. The first-order valence-electron chi connectivity index (χ1n) is 8.12. The second-order valence-electron chi connectivity index (χ2n) is 5.69. The normalized spacial score (nSPS) is 11.7. The van der Waals surface area contributed by atoms with Crippen LogP contribution in [-0.2, 0) is 12.7 Å². The maximum atomic E-state index is 12.8. The van der Waals surface area contributed by atoms with Crippen molar-refractivity contribution in [3.63, 3.8) is 0 Å². The van der Waals surface area contributed by atoms with Gasteiger partial charge in [0.2, 0.25) is 0 Å². The Labute approximate surface area is 154 Å². The second-order valence-corrected chi connectivity index (χ2v) is 5.69. The van der Waals surface area contributed by atoms with E-state index in [-0.39, 0.29) is 0 Å². The lowest BCUT2D eigenvalue weighted by molar-refractivity contribution is -0.137. The molecule has 1 aromatic heterocycles. The molecule has 140 valence electrons. The molecule has 3 aromatic rings. The van der Waals surface area contributed by atoms with E-state index < -0.39 is 11.7 Å². The van der Waals surface area contributed by atoms with Crippen molar-refractivity contribution in [3.8, 4) is 17.1 Å². The number of nitrogens with zero attached hydrogens (tertiary/aromatic N) is 1. The zero-order valence-corrected chi connectivity index (χ0v) is 14.5. The fourth-order valence-corrected chi connectivity index (χ4v) is 2.52. The number of ether oxygens (including phenoxy) is 1. The van der Waals surface area contributed by atoms with Crippen LogP contribution in [0.3, 0.4) is 0 Å². The van der Waals surface area contributed by atoms with Gasteiger partial charge in [-0.1, -0.05) is 30.3 Å². The molecule has 0 radical (unpaired) electrons. The maximum Gasteiger partial charge on any atom is 0.416 e. The lowest BCUT2D eigenvalue weighted by Gasteiger charge is -2.07. The average Bonchev–Trinajstić information content (AvgIpc) is 3.14. The first-order chi connectivity index (χ1) is 13.0. The van der Waals surface area contributed by atoms with Gasteiger partial charge in [0.1, 0.15) is 17.3 Å². The van der Waals surface area contributed by atoms with Gasteiger partial charge in [-0.2, -0.15) is 18.3 Å². The molecule has 0 spiro atoms. The Morgan fingerprint density at radius 3 is 2.67 bits per heavy atom. The number of hydrogen-bond acceptors (Lipinski definition) is 4. The SMILES string of the molecule is COc1ccccc1CN/N=C/c1ccc(-c2cccc(C(F)(F)F)c2)o1. The van der Waals surface area contributed by atoms with Crippen molar-refractivity contribution in [3.05, 3.63) is 77.6 Å². The predicted molar refractivity (Wildman–Crippen MR) is 96.6 cm³/mol. The Kier molecular flexibility index (Phi) is 5.49. The molecule has 0 bridgehead atoms. The smallest absolute Gasteiger partial charge is 0.416 e. The molecule has 27 heavy (non-hydrogen) atoms. The highest BCUT2D eigenvalue weighted by atomic mass is 19.4. The van der Waals surface area contributed by atoms with Crippen molar-refractivity contribution >= 4 is 6.21 Å². The van der Waals surface area contributed by atoms with E-state index in [9.17, 15) is 13.2 Å². The van der Waals surface area contributed by atoms with Gasteiger partial charge in [0.15, 0.2) is 0 Å². The van der Waals surface area contributed by atoms with Crippen LogP contribution in [0.5, 0.6) is 5.75 Å². The number of methoxy groups -OCH3 is 1. The summed E-state index contributed by atoms with van der Waals surface area (Å²) in [6, 6.07) is 15.8. The highest BCUT2D eigenvalue weighted by Gasteiger charge is 2.30. The summed E-state index contributed by atoms with van der Waals surface area (Å²) in [7, 11) is 1.60. The summed E-state index contributed by atoms with van der Waals surface area (Å²) in [4.78, 5) is 0. The molecule has 3 rings (SSSR count). The molecule has 0 saturated carbocycles. The standard InChI is InChI=1S/C20H17F3N2O2/c1-26-18-8-3-2-5-15(18)12-24-25-13-17-9-10-19(27-17)14-6-4-7-16(11-14)20(21,22)23/h2-11,13,24H,12H2,1H3/b25-13+. The molecule has 0 aliphatic rings. The van der Waals surface area contributed by atoms with Gasteiger partial charge in [-0.05, 0) is 30.3 Å². The molecule has 0 saturated heterocycles. The van der Waals surface area contributed by atoms with Crippen LogP contribution in [0, 0.1) is 0 Å². The number of rotatable bonds is 6. The number of nitrogens with one attached hydrogen (secondary N) is 1. The first kappa shape index (κ1) is 18.6. The summed E-state index contributed by atoms with van der Waals surface area (Å²) in [5, 5.41) is 4.07. The third-order valence-corrected chi connectivity index (χ3v) is 3.85. The predicted octanol–water partition coefficient (Wildman–Crippen LogP) is 5.10. The summed E-state index contributed by atoms with van der Waals surface area (Å²) >= 11 is 0. The maximum absolute atomic E-state index is 12.8. The lowest BCUT2D eigenvalue weighted by atomic mass is 10.1. The van der Waals surface area contributed by atoms with E-state index in [2.05, 4.69) is 10.5 Å². The fraction of sp³-hybridized carbons (Fsp3) is 0.150. The molecule has 0 aliphatic heterocycles. The van der Waals surface area contributed by atoms with Gasteiger partial charge in [-0.15, -0.1) is 0 Å². The van der Waals surface area contributed by atoms with Crippen LogP contribution in [0.15, 0.2) is 70.2 Å². The minimum absolute atomic E-state index is 0.340. The summed E-state index contributed by atoms with van der Waals surface area (Å²) in [6.45, 7) is 0.460.